The molecule has 7 nitrogen and oxygen atoms in total. The van der Waals surface area contributed by atoms with Crippen molar-refractivity contribution in [2.45, 2.75) is 12.7 Å². The van der Waals surface area contributed by atoms with Crippen molar-refractivity contribution < 1.29 is 24.2 Å². The molecule has 170 valence electrons. The van der Waals surface area contributed by atoms with E-state index in [2.05, 4.69) is 17.4 Å². The van der Waals surface area contributed by atoms with Crippen molar-refractivity contribution in [1.82, 2.24) is 10.2 Å². The summed E-state index contributed by atoms with van der Waals surface area (Å²) in [5.74, 6) is -0.166. The Morgan fingerprint density at radius 2 is 1.67 bits per heavy atom. The number of aromatic hydroxyl groups is 1. The Balaban J connectivity index is 1.24. The van der Waals surface area contributed by atoms with Crippen LogP contribution in [-0.2, 0) is 16.1 Å². The molecule has 2 N–H and O–H groups in total. The van der Waals surface area contributed by atoms with Crippen LogP contribution in [0.15, 0.2) is 78.9 Å². The predicted molar refractivity (Wildman–Crippen MR) is 124 cm³/mol. The Kier molecular flexibility index (Phi) is 7.22. The van der Waals surface area contributed by atoms with Crippen LogP contribution in [0.1, 0.15) is 15.9 Å². The smallest absolute Gasteiger partial charge is 0.410 e. The average molecular weight is 447 g/mol. The van der Waals surface area contributed by atoms with Crippen LogP contribution < -0.4 is 5.32 Å². The highest BCUT2D eigenvalue weighted by Crippen LogP contribution is 2.19. The number of rotatable bonds is 6. The maximum Gasteiger partial charge on any atom is 0.410 e. The quantitative estimate of drug-likeness (QED) is 0.601. The number of phenolic OH excluding ortho intramolecular Hbond substituents is 1. The first-order valence-electron chi connectivity index (χ1n) is 10.8. The third kappa shape index (κ3) is 6.11. The van der Waals surface area contributed by atoms with Crippen molar-refractivity contribution in [3.63, 3.8) is 0 Å². The van der Waals surface area contributed by atoms with Crippen molar-refractivity contribution in [2.24, 2.45) is 0 Å². The lowest BCUT2D eigenvalue weighted by molar-refractivity contribution is -0.0263. The van der Waals surface area contributed by atoms with Gasteiger partial charge in [-0.2, -0.15) is 0 Å². The second kappa shape index (κ2) is 10.7. The van der Waals surface area contributed by atoms with Crippen LogP contribution in [0.5, 0.6) is 5.75 Å². The molecule has 0 bridgehead atoms. The zero-order valence-corrected chi connectivity index (χ0v) is 18.1. The number of morpholine rings is 1. The molecule has 1 fully saturated rings. The van der Waals surface area contributed by atoms with Gasteiger partial charge in [0.15, 0.2) is 0 Å². The molecule has 1 heterocycles. The van der Waals surface area contributed by atoms with Gasteiger partial charge in [0.25, 0.3) is 5.91 Å². The predicted octanol–water partition coefficient (Wildman–Crippen LogP) is 3.83. The van der Waals surface area contributed by atoms with Crippen molar-refractivity contribution >= 4 is 12.0 Å². The minimum absolute atomic E-state index is 0.100. The summed E-state index contributed by atoms with van der Waals surface area (Å²) in [6.45, 7) is 1.61. The Hall–Kier alpha value is -3.84. The molecule has 0 aromatic heterocycles. The van der Waals surface area contributed by atoms with Crippen LogP contribution in [0.2, 0.25) is 0 Å². The number of amides is 2. The number of phenols is 1. The topological polar surface area (TPSA) is 88.1 Å². The lowest BCUT2D eigenvalue weighted by Gasteiger charge is -2.32. The molecular formula is C26H26N2O5. The average Bonchev–Trinajstić information content (AvgIpc) is 2.87. The number of nitrogens with one attached hydrogen (secondary N) is 1. The Morgan fingerprint density at radius 3 is 2.39 bits per heavy atom. The van der Waals surface area contributed by atoms with E-state index >= 15 is 0 Å². The molecule has 0 saturated carbocycles. The minimum atomic E-state index is -0.403. The molecule has 3 aromatic carbocycles. The molecule has 3 aromatic rings. The van der Waals surface area contributed by atoms with Gasteiger partial charge in [-0.3, -0.25) is 4.79 Å². The maximum absolute atomic E-state index is 12.5. The number of hydrogen-bond donors (Lipinski definition) is 2. The highest BCUT2D eigenvalue weighted by Gasteiger charge is 2.25. The molecule has 0 spiro atoms. The number of ether oxygens (including phenoxy) is 2. The van der Waals surface area contributed by atoms with Gasteiger partial charge < -0.3 is 24.8 Å². The summed E-state index contributed by atoms with van der Waals surface area (Å²) in [6.07, 6.45) is -0.724. The molecule has 2 amide bonds. The highest BCUT2D eigenvalue weighted by atomic mass is 16.6. The van der Waals surface area contributed by atoms with Gasteiger partial charge in [-0.15, -0.1) is 0 Å². The summed E-state index contributed by atoms with van der Waals surface area (Å²) in [5.41, 5.74) is 3.60. The van der Waals surface area contributed by atoms with E-state index in [1.807, 2.05) is 42.5 Å². The van der Waals surface area contributed by atoms with Gasteiger partial charge in [-0.25, -0.2) is 4.79 Å². The molecule has 1 unspecified atom stereocenters. The van der Waals surface area contributed by atoms with Crippen LogP contribution >= 0.6 is 0 Å². The van der Waals surface area contributed by atoms with Gasteiger partial charge in [-0.05, 0) is 41.0 Å². The van der Waals surface area contributed by atoms with Gasteiger partial charge >= 0.3 is 6.09 Å². The molecule has 7 heteroatoms. The fraction of sp³-hybridized carbons (Fsp3) is 0.231. The van der Waals surface area contributed by atoms with E-state index in [1.165, 1.54) is 12.1 Å². The van der Waals surface area contributed by atoms with Crippen molar-refractivity contribution in [3.05, 3.63) is 90.0 Å². The lowest BCUT2D eigenvalue weighted by atomic mass is 10.0. The van der Waals surface area contributed by atoms with Crippen molar-refractivity contribution in [3.8, 4) is 16.9 Å². The van der Waals surface area contributed by atoms with Gasteiger partial charge in [0, 0.05) is 18.7 Å². The second-order valence-corrected chi connectivity index (χ2v) is 7.81. The molecular weight excluding hydrogens is 420 g/mol. The standard InChI is InChI=1S/C26H26N2O5/c29-23-12-10-22(11-13-23)25(30)27-16-24-17-28(14-15-32-24)26(31)33-18-19-6-8-21(9-7-19)20-4-2-1-3-5-20/h1-13,24,29H,14-18H2,(H,27,30). The third-order valence-corrected chi connectivity index (χ3v) is 5.44. The molecule has 0 radical (unpaired) electrons. The van der Waals surface area contributed by atoms with E-state index in [9.17, 15) is 14.7 Å². The zero-order chi connectivity index (χ0) is 23.0. The van der Waals surface area contributed by atoms with E-state index < -0.39 is 6.09 Å². The first-order valence-corrected chi connectivity index (χ1v) is 10.8. The SMILES string of the molecule is O=C(NCC1CN(C(=O)OCc2ccc(-c3ccccc3)cc2)CCO1)c1ccc(O)cc1. The summed E-state index contributed by atoms with van der Waals surface area (Å²) < 4.78 is 11.2. The van der Waals surface area contributed by atoms with Crippen LogP contribution in [0.4, 0.5) is 4.79 Å². The number of carbonyl (C=O) groups is 2. The summed E-state index contributed by atoms with van der Waals surface area (Å²) in [4.78, 5) is 26.4. The molecule has 0 aliphatic carbocycles. The summed E-state index contributed by atoms with van der Waals surface area (Å²) >= 11 is 0. The Morgan fingerprint density at radius 1 is 0.970 bits per heavy atom. The van der Waals surface area contributed by atoms with Crippen molar-refractivity contribution in [1.29, 1.82) is 0 Å². The highest BCUT2D eigenvalue weighted by molar-refractivity contribution is 5.94. The summed E-state index contributed by atoms with van der Waals surface area (Å²) in [7, 11) is 0. The third-order valence-electron chi connectivity index (χ3n) is 5.44. The van der Waals surface area contributed by atoms with Gasteiger partial charge in [0.1, 0.15) is 12.4 Å². The molecule has 33 heavy (non-hydrogen) atoms. The van der Waals surface area contributed by atoms with Gasteiger partial charge in [0.2, 0.25) is 0 Å². The van der Waals surface area contributed by atoms with E-state index in [0.717, 1.165) is 16.7 Å². The van der Waals surface area contributed by atoms with Gasteiger partial charge in [0.05, 0.1) is 19.3 Å². The normalized spacial score (nSPS) is 15.6. The van der Waals surface area contributed by atoms with Crippen molar-refractivity contribution in [2.75, 3.05) is 26.2 Å². The molecule has 1 atom stereocenters. The number of carbonyl (C=O) groups excluding carboxylic acids is 2. The fourth-order valence-electron chi connectivity index (χ4n) is 3.59. The van der Waals surface area contributed by atoms with Crippen LogP contribution in [0, 0.1) is 0 Å². The van der Waals surface area contributed by atoms with Crippen LogP contribution in [0.25, 0.3) is 11.1 Å². The first kappa shape index (κ1) is 22.4. The van der Waals surface area contributed by atoms with Crippen LogP contribution in [-0.4, -0.2) is 54.4 Å². The fourth-order valence-corrected chi connectivity index (χ4v) is 3.59. The summed E-state index contributed by atoms with van der Waals surface area (Å²) in [5, 5.41) is 12.1. The molecule has 1 aliphatic heterocycles. The molecule has 1 aliphatic rings. The first-order chi connectivity index (χ1) is 16.1. The minimum Gasteiger partial charge on any atom is -0.508 e. The van der Waals surface area contributed by atoms with Gasteiger partial charge in [-0.1, -0.05) is 54.6 Å². The Bertz CT molecular complexity index is 1070. The van der Waals surface area contributed by atoms with E-state index in [-0.39, 0.29) is 30.9 Å². The van der Waals surface area contributed by atoms with Crippen LogP contribution in [0.3, 0.4) is 0 Å². The Labute approximate surface area is 192 Å². The zero-order valence-electron chi connectivity index (χ0n) is 18.1. The maximum atomic E-state index is 12.5. The summed E-state index contributed by atoms with van der Waals surface area (Å²) in [6, 6.07) is 24.0. The number of benzene rings is 3. The monoisotopic (exact) mass is 446 g/mol. The molecule has 1 saturated heterocycles. The second-order valence-electron chi connectivity index (χ2n) is 7.81. The number of nitrogens with zero attached hydrogens (tertiary/aromatic N) is 1. The lowest BCUT2D eigenvalue weighted by Crippen LogP contribution is -2.49. The van der Waals surface area contributed by atoms with E-state index in [0.29, 0.717) is 25.3 Å². The van der Waals surface area contributed by atoms with E-state index in [4.69, 9.17) is 9.47 Å². The molecule has 4 rings (SSSR count). The number of hydrogen-bond acceptors (Lipinski definition) is 5. The van der Waals surface area contributed by atoms with E-state index in [1.54, 1.807) is 17.0 Å². The largest absolute Gasteiger partial charge is 0.508 e.